The van der Waals surface area contributed by atoms with Gasteiger partial charge in [-0.2, -0.15) is 5.26 Å². The van der Waals surface area contributed by atoms with Gasteiger partial charge in [0.1, 0.15) is 29.2 Å². The average molecular weight is 382 g/mol. The summed E-state index contributed by atoms with van der Waals surface area (Å²) in [6.07, 6.45) is 0. The second-order valence-electron chi connectivity index (χ2n) is 5.27. The van der Waals surface area contributed by atoms with E-state index < -0.39 is 18.5 Å². The number of hydrogen-bond acceptors (Lipinski definition) is 7. The molecule has 2 heterocycles. The number of anilines is 1. The molecule has 27 heavy (non-hydrogen) atoms. The molecule has 0 aliphatic rings. The molecule has 0 saturated carbocycles. The summed E-state index contributed by atoms with van der Waals surface area (Å²) in [5.41, 5.74) is 0.355. The molecule has 1 aromatic carbocycles. The maximum Gasteiger partial charge on any atom is 0.374 e. The molecule has 7 nitrogen and oxygen atoms in total. The fourth-order valence-electron chi connectivity index (χ4n) is 2.10. The van der Waals surface area contributed by atoms with Gasteiger partial charge in [-0.25, -0.2) is 4.79 Å². The Morgan fingerprint density at radius 2 is 1.96 bits per heavy atom. The zero-order valence-corrected chi connectivity index (χ0v) is 14.8. The summed E-state index contributed by atoms with van der Waals surface area (Å²) >= 11 is 1.21. The highest BCUT2D eigenvalue weighted by atomic mass is 32.1. The summed E-state index contributed by atoms with van der Waals surface area (Å²) in [6, 6.07) is 15.8. The molecule has 0 aliphatic carbocycles. The molecular weight excluding hydrogens is 368 g/mol. The van der Waals surface area contributed by atoms with Crippen LogP contribution in [-0.4, -0.2) is 18.5 Å². The van der Waals surface area contributed by atoms with Gasteiger partial charge in [0.25, 0.3) is 5.91 Å². The number of thiophene rings is 1. The molecular formula is C19H14N2O5S. The minimum atomic E-state index is -0.761. The molecule has 136 valence electrons. The number of nitrogens with one attached hydrogen (secondary N) is 1. The van der Waals surface area contributed by atoms with Gasteiger partial charge in [0.15, 0.2) is 6.61 Å². The van der Waals surface area contributed by atoms with Crippen molar-refractivity contribution in [1.29, 1.82) is 5.26 Å². The average Bonchev–Trinajstić information content (AvgIpc) is 3.34. The van der Waals surface area contributed by atoms with E-state index in [2.05, 4.69) is 5.32 Å². The zero-order chi connectivity index (χ0) is 19.1. The Morgan fingerprint density at radius 3 is 2.74 bits per heavy atom. The number of amides is 1. The summed E-state index contributed by atoms with van der Waals surface area (Å²) in [4.78, 5) is 23.8. The number of ether oxygens (including phenoxy) is 2. The van der Waals surface area contributed by atoms with Gasteiger partial charge in [0, 0.05) is 0 Å². The Balaban J connectivity index is 1.48. The van der Waals surface area contributed by atoms with E-state index in [0.717, 1.165) is 0 Å². The first-order valence-electron chi connectivity index (χ1n) is 7.87. The summed E-state index contributed by atoms with van der Waals surface area (Å²) in [6.45, 7) is -0.328. The van der Waals surface area contributed by atoms with Crippen molar-refractivity contribution < 1.29 is 23.5 Å². The number of carbonyl (C=O) groups excluding carboxylic acids is 2. The number of nitriles is 1. The van der Waals surface area contributed by atoms with Crippen LogP contribution in [0.3, 0.4) is 0 Å². The number of furan rings is 1. The zero-order valence-electron chi connectivity index (χ0n) is 14.0. The molecule has 0 radical (unpaired) electrons. The van der Waals surface area contributed by atoms with E-state index in [1.165, 1.54) is 17.4 Å². The lowest BCUT2D eigenvalue weighted by molar-refractivity contribution is -0.119. The largest absolute Gasteiger partial charge is 0.486 e. The number of carbonyl (C=O) groups is 2. The molecule has 0 unspecified atom stereocenters. The molecule has 1 N–H and O–H groups in total. The molecule has 0 fully saturated rings. The first kappa shape index (κ1) is 18.2. The van der Waals surface area contributed by atoms with Crippen molar-refractivity contribution in [3.05, 3.63) is 71.0 Å². The monoisotopic (exact) mass is 382 g/mol. The van der Waals surface area contributed by atoms with Crippen LogP contribution in [0, 0.1) is 11.3 Å². The van der Waals surface area contributed by atoms with Crippen molar-refractivity contribution in [2.75, 3.05) is 11.9 Å². The third-order valence-corrected chi connectivity index (χ3v) is 4.19. The van der Waals surface area contributed by atoms with Gasteiger partial charge in [-0.3, -0.25) is 4.79 Å². The standard InChI is InChI=1S/C19H14N2O5S/c20-10-13-8-9-27-18(13)21-17(22)12-25-19(23)16-7-6-15(26-16)11-24-14-4-2-1-3-5-14/h1-9H,11-12H2,(H,21,22). The highest BCUT2D eigenvalue weighted by Crippen LogP contribution is 2.22. The number of para-hydroxylation sites is 1. The van der Waals surface area contributed by atoms with Crippen molar-refractivity contribution >= 4 is 28.2 Å². The second kappa shape index (κ2) is 8.69. The van der Waals surface area contributed by atoms with Crippen LogP contribution in [0.2, 0.25) is 0 Å². The SMILES string of the molecule is N#Cc1ccsc1NC(=O)COC(=O)c1ccc(COc2ccccc2)o1. The van der Waals surface area contributed by atoms with E-state index in [4.69, 9.17) is 19.2 Å². The topological polar surface area (TPSA) is 102 Å². The Bertz CT molecular complexity index is 971. The lowest BCUT2D eigenvalue weighted by atomic mass is 10.3. The van der Waals surface area contributed by atoms with Crippen molar-refractivity contribution in [3.8, 4) is 11.8 Å². The molecule has 0 atom stereocenters. The molecule has 2 aromatic heterocycles. The van der Waals surface area contributed by atoms with Crippen LogP contribution in [0.1, 0.15) is 21.9 Å². The Morgan fingerprint density at radius 1 is 1.15 bits per heavy atom. The number of benzene rings is 1. The second-order valence-corrected chi connectivity index (χ2v) is 6.18. The summed E-state index contributed by atoms with van der Waals surface area (Å²) in [5, 5.41) is 13.5. The van der Waals surface area contributed by atoms with Crippen molar-refractivity contribution in [2.24, 2.45) is 0 Å². The maximum absolute atomic E-state index is 12.0. The maximum atomic E-state index is 12.0. The molecule has 1 amide bonds. The third-order valence-electron chi connectivity index (χ3n) is 3.36. The highest BCUT2D eigenvalue weighted by molar-refractivity contribution is 7.14. The summed E-state index contributed by atoms with van der Waals surface area (Å²) in [5.74, 6) is -0.194. The Hall–Kier alpha value is -3.57. The van der Waals surface area contributed by atoms with Crippen LogP contribution < -0.4 is 10.1 Å². The summed E-state index contributed by atoms with van der Waals surface area (Å²) in [7, 11) is 0. The van der Waals surface area contributed by atoms with Crippen molar-refractivity contribution in [2.45, 2.75) is 6.61 Å². The molecule has 3 rings (SSSR count). The molecule has 0 bridgehead atoms. The number of rotatable bonds is 7. The van der Waals surface area contributed by atoms with Gasteiger partial charge >= 0.3 is 5.97 Å². The lowest BCUT2D eigenvalue weighted by Gasteiger charge is -2.04. The first-order chi connectivity index (χ1) is 13.2. The normalized spacial score (nSPS) is 10.0. The Labute approximate surface area is 158 Å². The summed E-state index contributed by atoms with van der Waals surface area (Å²) < 4.78 is 15.8. The number of nitrogens with zero attached hydrogens (tertiary/aromatic N) is 1. The van der Waals surface area contributed by atoms with Gasteiger partial charge in [-0.05, 0) is 35.7 Å². The third kappa shape index (κ3) is 4.96. The van der Waals surface area contributed by atoms with Crippen LogP contribution in [-0.2, 0) is 16.1 Å². The van der Waals surface area contributed by atoms with E-state index in [-0.39, 0.29) is 12.4 Å². The van der Waals surface area contributed by atoms with Crippen LogP contribution >= 0.6 is 11.3 Å². The van der Waals surface area contributed by atoms with Gasteiger partial charge in [-0.15, -0.1) is 11.3 Å². The van der Waals surface area contributed by atoms with E-state index in [1.54, 1.807) is 17.5 Å². The number of hydrogen-bond donors (Lipinski definition) is 1. The predicted molar refractivity (Wildman–Crippen MR) is 97.4 cm³/mol. The fraction of sp³-hybridized carbons (Fsp3) is 0.105. The van der Waals surface area contributed by atoms with Crippen LogP contribution in [0.5, 0.6) is 5.75 Å². The highest BCUT2D eigenvalue weighted by Gasteiger charge is 2.16. The van der Waals surface area contributed by atoms with Crippen molar-refractivity contribution in [3.63, 3.8) is 0 Å². The molecule has 3 aromatic rings. The van der Waals surface area contributed by atoms with Gasteiger partial charge in [0.05, 0.1) is 5.56 Å². The Kier molecular flexibility index (Phi) is 5.87. The smallest absolute Gasteiger partial charge is 0.374 e. The molecule has 8 heteroatoms. The predicted octanol–water partition coefficient (Wildman–Crippen LogP) is 3.59. The minimum Gasteiger partial charge on any atom is -0.486 e. The van der Waals surface area contributed by atoms with Crippen molar-refractivity contribution in [1.82, 2.24) is 0 Å². The van der Waals surface area contributed by atoms with E-state index >= 15 is 0 Å². The van der Waals surface area contributed by atoms with Gasteiger partial charge < -0.3 is 19.2 Å². The van der Waals surface area contributed by atoms with Gasteiger partial charge in [-0.1, -0.05) is 18.2 Å². The minimum absolute atomic E-state index is 0.0247. The number of esters is 1. The quantitative estimate of drug-likeness (QED) is 0.627. The molecule has 0 spiro atoms. The van der Waals surface area contributed by atoms with E-state index in [9.17, 15) is 9.59 Å². The lowest BCUT2D eigenvalue weighted by Crippen LogP contribution is -2.20. The van der Waals surface area contributed by atoms with E-state index in [1.807, 2.05) is 36.4 Å². The van der Waals surface area contributed by atoms with Crippen LogP contribution in [0.4, 0.5) is 5.00 Å². The van der Waals surface area contributed by atoms with Crippen LogP contribution in [0.15, 0.2) is 58.3 Å². The molecule has 0 saturated heterocycles. The van der Waals surface area contributed by atoms with Gasteiger partial charge in [0.2, 0.25) is 5.76 Å². The van der Waals surface area contributed by atoms with Crippen LogP contribution in [0.25, 0.3) is 0 Å². The van der Waals surface area contributed by atoms with E-state index in [0.29, 0.717) is 22.1 Å². The first-order valence-corrected chi connectivity index (χ1v) is 8.75. The fourth-order valence-corrected chi connectivity index (χ4v) is 2.85. The molecule has 0 aliphatic heterocycles.